The van der Waals surface area contributed by atoms with Crippen LogP contribution in [-0.2, 0) is 0 Å². The van der Waals surface area contributed by atoms with Gasteiger partial charge in [-0.15, -0.1) is 0 Å². The van der Waals surface area contributed by atoms with E-state index in [9.17, 15) is 5.11 Å². The predicted molar refractivity (Wildman–Crippen MR) is 85.5 cm³/mol. The van der Waals surface area contributed by atoms with Gasteiger partial charge in [-0.2, -0.15) is 0 Å². The van der Waals surface area contributed by atoms with Gasteiger partial charge in [0, 0.05) is 5.92 Å². The van der Waals surface area contributed by atoms with Crippen molar-refractivity contribution in [2.45, 2.75) is 38.2 Å². The smallest absolute Gasteiger partial charge is 0.0608 e. The van der Waals surface area contributed by atoms with Gasteiger partial charge in [-0.1, -0.05) is 74.9 Å². The van der Waals surface area contributed by atoms with Crippen molar-refractivity contribution < 1.29 is 5.11 Å². The third-order valence-electron chi connectivity index (χ3n) is 3.81. The molecule has 0 bridgehead atoms. The first-order chi connectivity index (χ1) is 9.76. The molecule has 0 fully saturated rings. The number of rotatable bonds is 6. The highest BCUT2D eigenvalue weighted by atomic mass is 16.3. The zero-order valence-corrected chi connectivity index (χ0v) is 12.1. The standard InChI is InChI=1S/C19H23O/c1-3-8-19(20)18(4-2)17-13-11-16(12-14-17)15-9-6-5-7-10-15/h5-7,9-14,18-20H,2-4,8H2,1H3. The van der Waals surface area contributed by atoms with Gasteiger partial charge in [-0.05, 0) is 29.5 Å². The van der Waals surface area contributed by atoms with E-state index in [1.54, 1.807) is 0 Å². The lowest BCUT2D eigenvalue weighted by atomic mass is 9.88. The van der Waals surface area contributed by atoms with Gasteiger partial charge >= 0.3 is 0 Å². The molecule has 0 aliphatic rings. The number of aliphatic hydroxyl groups excluding tert-OH is 1. The van der Waals surface area contributed by atoms with Crippen molar-refractivity contribution in [1.29, 1.82) is 0 Å². The first kappa shape index (κ1) is 14.8. The molecule has 1 nitrogen and oxygen atoms in total. The lowest BCUT2D eigenvalue weighted by Gasteiger charge is -2.22. The molecule has 2 unspecified atom stereocenters. The van der Waals surface area contributed by atoms with E-state index in [-0.39, 0.29) is 12.0 Å². The Morgan fingerprint density at radius 2 is 1.55 bits per heavy atom. The van der Waals surface area contributed by atoms with Crippen LogP contribution in [0.4, 0.5) is 0 Å². The molecular weight excluding hydrogens is 244 g/mol. The van der Waals surface area contributed by atoms with Crippen molar-refractivity contribution in [1.82, 2.24) is 0 Å². The van der Waals surface area contributed by atoms with Gasteiger partial charge in [0.2, 0.25) is 0 Å². The van der Waals surface area contributed by atoms with Crippen LogP contribution in [0.25, 0.3) is 11.1 Å². The first-order valence-electron chi connectivity index (χ1n) is 7.39. The Bertz CT molecular complexity index is 501. The van der Waals surface area contributed by atoms with Crippen LogP contribution < -0.4 is 0 Å². The molecule has 1 heteroatoms. The van der Waals surface area contributed by atoms with E-state index < -0.39 is 0 Å². The molecule has 0 heterocycles. The van der Waals surface area contributed by atoms with Crippen LogP contribution in [0.15, 0.2) is 54.6 Å². The molecule has 0 aliphatic heterocycles. The van der Waals surface area contributed by atoms with Crippen molar-refractivity contribution in [2.75, 3.05) is 0 Å². The third-order valence-corrected chi connectivity index (χ3v) is 3.81. The summed E-state index contributed by atoms with van der Waals surface area (Å²) in [5.41, 5.74) is 3.61. The molecule has 2 aromatic rings. The van der Waals surface area contributed by atoms with Crippen molar-refractivity contribution >= 4 is 0 Å². The summed E-state index contributed by atoms with van der Waals surface area (Å²) in [7, 11) is 0. The highest BCUT2D eigenvalue weighted by Crippen LogP contribution is 2.28. The average molecular weight is 267 g/mol. The summed E-state index contributed by atoms with van der Waals surface area (Å²) in [4.78, 5) is 0. The second-order valence-electron chi connectivity index (χ2n) is 5.24. The van der Waals surface area contributed by atoms with Crippen molar-refractivity contribution in [3.05, 3.63) is 67.1 Å². The molecule has 2 rings (SSSR count). The molecule has 0 amide bonds. The van der Waals surface area contributed by atoms with E-state index in [0.717, 1.165) is 19.3 Å². The SMILES string of the molecule is [CH2]CC(c1ccc(-c2ccccc2)cc1)C(O)CCC. The monoisotopic (exact) mass is 267 g/mol. The fourth-order valence-corrected chi connectivity index (χ4v) is 2.63. The van der Waals surface area contributed by atoms with Crippen LogP contribution >= 0.6 is 0 Å². The Kier molecular flexibility index (Phi) is 5.37. The molecular formula is C19H23O. The lowest BCUT2D eigenvalue weighted by molar-refractivity contribution is 0.132. The fraction of sp³-hybridized carbons (Fsp3) is 0.316. The van der Waals surface area contributed by atoms with Gasteiger partial charge in [-0.25, -0.2) is 0 Å². The van der Waals surface area contributed by atoms with E-state index in [1.807, 2.05) is 18.2 Å². The summed E-state index contributed by atoms with van der Waals surface area (Å²) in [5, 5.41) is 10.2. The van der Waals surface area contributed by atoms with Crippen LogP contribution in [0.2, 0.25) is 0 Å². The van der Waals surface area contributed by atoms with Crippen molar-refractivity contribution in [3.63, 3.8) is 0 Å². The zero-order chi connectivity index (χ0) is 14.4. The molecule has 1 N–H and O–H groups in total. The van der Waals surface area contributed by atoms with Crippen LogP contribution in [0, 0.1) is 6.92 Å². The molecule has 1 radical (unpaired) electrons. The Hall–Kier alpha value is -1.60. The molecule has 0 aliphatic carbocycles. The van der Waals surface area contributed by atoms with Gasteiger partial charge in [-0.3, -0.25) is 0 Å². The highest BCUT2D eigenvalue weighted by molar-refractivity contribution is 5.63. The Morgan fingerprint density at radius 1 is 0.950 bits per heavy atom. The van der Waals surface area contributed by atoms with Gasteiger partial charge < -0.3 is 5.11 Å². The number of hydrogen-bond acceptors (Lipinski definition) is 1. The average Bonchev–Trinajstić information content (AvgIpc) is 2.50. The van der Waals surface area contributed by atoms with Crippen LogP contribution in [0.1, 0.15) is 37.7 Å². The summed E-state index contributed by atoms with van der Waals surface area (Å²) in [6.07, 6.45) is 2.27. The van der Waals surface area contributed by atoms with E-state index in [0.29, 0.717) is 0 Å². The summed E-state index contributed by atoms with van der Waals surface area (Å²) in [5.74, 6) is 0.139. The van der Waals surface area contributed by atoms with E-state index in [4.69, 9.17) is 0 Å². The maximum atomic E-state index is 10.2. The predicted octanol–water partition coefficient (Wildman–Crippen LogP) is 4.82. The minimum absolute atomic E-state index is 0.139. The van der Waals surface area contributed by atoms with Crippen molar-refractivity contribution in [3.8, 4) is 11.1 Å². The summed E-state index contributed by atoms with van der Waals surface area (Å²) in [6.45, 7) is 6.09. The van der Waals surface area contributed by atoms with Gasteiger partial charge in [0.25, 0.3) is 0 Å². The molecule has 2 atom stereocenters. The second-order valence-corrected chi connectivity index (χ2v) is 5.24. The Labute approximate surface area is 122 Å². The first-order valence-corrected chi connectivity index (χ1v) is 7.39. The molecule has 0 aromatic heterocycles. The van der Waals surface area contributed by atoms with Gasteiger partial charge in [0.1, 0.15) is 0 Å². The lowest BCUT2D eigenvalue weighted by Crippen LogP contribution is -2.17. The third kappa shape index (κ3) is 3.49. The maximum absolute atomic E-state index is 10.2. The van der Waals surface area contributed by atoms with Crippen LogP contribution in [0.5, 0.6) is 0 Å². The minimum Gasteiger partial charge on any atom is -0.392 e. The molecule has 0 saturated carbocycles. The second kappa shape index (κ2) is 7.25. The molecule has 2 aromatic carbocycles. The summed E-state index contributed by atoms with van der Waals surface area (Å²) < 4.78 is 0. The van der Waals surface area contributed by atoms with Gasteiger partial charge in [0.05, 0.1) is 6.10 Å². The molecule has 0 saturated heterocycles. The number of benzene rings is 2. The van der Waals surface area contributed by atoms with Gasteiger partial charge in [0.15, 0.2) is 0 Å². The summed E-state index contributed by atoms with van der Waals surface area (Å²) in [6, 6.07) is 18.9. The van der Waals surface area contributed by atoms with Crippen LogP contribution in [0.3, 0.4) is 0 Å². The zero-order valence-electron chi connectivity index (χ0n) is 12.1. The van der Waals surface area contributed by atoms with E-state index in [1.165, 1.54) is 16.7 Å². The van der Waals surface area contributed by atoms with E-state index >= 15 is 0 Å². The molecule has 20 heavy (non-hydrogen) atoms. The summed E-state index contributed by atoms with van der Waals surface area (Å²) >= 11 is 0. The quantitative estimate of drug-likeness (QED) is 0.795. The molecule has 0 spiro atoms. The largest absolute Gasteiger partial charge is 0.392 e. The van der Waals surface area contributed by atoms with E-state index in [2.05, 4.69) is 50.2 Å². The number of aliphatic hydroxyl groups is 1. The fourth-order valence-electron chi connectivity index (χ4n) is 2.63. The van der Waals surface area contributed by atoms with Crippen LogP contribution in [-0.4, -0.2) is 11.2 Å². The number of hydrogen-bond donors (Lipinski definition) is 1. The normalized spacial score (nSPS) is 13.9. The maximum Gasteiger partial charge on any atom is 0.0608 e. The topological polar surface area (TPSA) is 20.2 Å². The molecule has 105 valence electrons. The Morgan fingerprint density at radius 3 is 2.10 bits per heavy atom. The Balaban J connectivity index is 2.18. The minimum atomic E-state index is -0.292. The van der Waals surface area contributed by atoms with Crippen molar-refractivity contribution in [2.24, 2.45) is 0 Å². The highest BCUT2D eigenvalue weighted by Gasteiger charge is 2.18.